The smallest absolute Gasteiger partial charge is 0.240 e. The predicted octanol–water partition coefficient (Wildman–Crippen LogP) is 6.67. The van der Waals surface area contributed by atoms with Crippen molar-refractivity contribution in [3.63, 3.8) is 0 Å². The Balaban J connectivity index is 1.75. The Morgan fingerprint density at radius 3 is 2.34 bits per heavy atom. The summed E-state index contributed by atoms with van der Waals surface area (Å²) in [5.74, 6) is -0.0655. The molecule has 0 fully saturated rings. The van der Waals surface area contributed by atoms with Crippen LogP contribution >= 0.6 is 15.9 Å². The van der Waals surface area contributed by atoms with Gasteiger partial charge in [-0.15, -0.1) is 0 Å². The summed E-state index contributed by atoms with van der Waals surface area (Å²) < 4.78 is 1.000. The number of aromatic nitrogens is 1. The van der Waals surface area contributed by atoms with Crippen LogP contribution in [0.15, 0.2) is 88.4 Å². The molecule has 1 aliphatic rings. The average Bonchev–Trinajstić information content (AvgIpc) is 3.25. The lowest BCUT2D eigenvalue weighted by Crippen LogP contribution is -2.24. The van der Waals surface area contributed by atoms with E-state index in [2.05, 4.69) is 46.3 Å². The first-order valence-electron chi connectivity index (χ1n) is 10.6. The van der Waals surface area contributed by atoms with E-state index in [1.54, 1.807) is 11.9 Å². The first-order chi connectivity index (χ1) is 15.5. The number of benzene rings is 3. The largest absolute Gasteiger partial charge is 0.273 e. The maximum atomic E-state index is 12.5. The van der Waals surface area contributed by atoms with E-state index < -0.39 is 0 Å². The van der Waals surface area contributed by atoms with E-state index in [0.717, 1.165) is 49.0 Å². The number of carbonyl (C=O) groups is 1. The highest BCUT2D eigenvalue weighted by Crippen LogP contribution is 2.39. The molecule has 1 amide bonds. The van der Waals surface area contributed by atoms with Gasteiger partial charge in [-0.05, 0) is 36.2 Å². The Morgan fingerprint density at radius 2 is 1.66 bits per heavy atom. The third-order valence-electron chi connectivity index (χ3n) is 5.90. The second-order valence-corrected chi connectivity index (χ2v) is 8.93. The van der Waals surface area contributed by atoms with Gasteiger partial charge in [0.25, 0.3) is 0 Å². The molecule has 0 N–H and O–H groups in total. The van der Waals surface area contributed by atoms with Crippen LogP contribution in [0.3, 0.4) is 0 Å². The number of pyridine rings is 1. The molecule has 1 unspecified atom stereocenters. The number of hydrogen-bond acceptors (Lipinski definition) is 3. The van der Waals surface area contributed by atoms with E-state index in [1.165, 1.54) is 0 Å². The van der Waals surface area contributed by atoms with Gasteiger partial charge < -0.3 is 0 Å². The standard InChI is InChI=1S/C27H22BrN3O/c1-17-26(24-16-25(31(30-24)18(2)32)19-9-5-3-6-10-19)27(20-11-7-4-8-12-20)22-15-21(28)13-14-23(22)29-17/h3-15,25H,16H2,1-2H3. The van der Waals surface area contributed by atoms with E-state index in [4.69, 9.17) is 10.1 Å². The Bertz CT molecular complexity index is 1350. The van der Waals surface area contributed by atoms with Crippen LogP contribution in [0, 0.1) is 6.92 Å². The molecule has 0 bridgehead atoms. The third-order valence-corrected chi connectivity index (χ3v) is 6.39. The molecule has 1 aliphatic heterocycles. The second kappa shape index (κ2) is 8.32. The number of aryl methyl sites for hydroxylation is 1. The first-order valence-corrected chi connectivity index (χ1v) is 11.4. The summed E-state index contributed by atoms with van der Waals surface area (Å²) in [5.41, 5.74) is 7.04. The predicted molar refractivity (Wildman–Crippen MR) is 132 cm³/mol. The van der Waals surface area contributed by atoms with E-state index in [-0.39, 0.29) is 11.9 Å². The molecule has 2 heterocycles. The molecule has 4 aromatic rings. The van der Waals surface area contributed by atoms with Crippen LogP contribution in [0.1, 0.15) is 36.2 Å². The summed E-state index contributed by atoms with van der Waals surface area (Å²) in [4.78, 5) is 17.4. The van der Waals surface area contributed by atoms with Crippen molar-refractivity contribution in [2.75, 3.05) is 0 Å². The van der Waals surface area contributed by atoms with Crippen LogP contribution < -0.4 is 0 Å². The molecule has 0 saturated carbocycles. The Labute approximate surface area is 195 Å². The monoisotopic (exact) mass is 483 g/mol. The molecule has 0 radical (unpaired) electrons. The zero-order valence-electron chi connectivity index (χ0n) is 17.9. The molecule has 0 aliphatic carbocycles. The van der Waals surface area contributed by atoms with Crippen molar-refractivity contribution >= 4 is 38.5 Å². The minimum Gasteiger partial charge on any atom is -0.273 e. The number of rotatable bonds is 3. The molecule has 32 heavy (non-hydrogen) atoms. The Hall–Kier alpha value is -3.31. The van der Waals surface area contributed by atoms with Crippen molar-refractivity contribution < 1.29 is 4.79 Å². The molecule has 3 aromatic carbocycles. The SMILES string of the molecule is CC(=O)N1N=C(c2c(C)nc3ccc(Br)cc3c2-c2ccccc2)CC1c1ccccc1. The number of carbonyl (C=O) groups excluding carboxylic acids is 1. The van der Waals surface area contributed by atoms with Gasteiger partial charge in [-0.2, -0.15) is 5.10 Å². The minimum absolute atomic E-state index is 0.0655. The maximum Gasteiger partial charge on any atom is 0.240 e. The topological polar surface area (TPSA) is 45.6 Å². The van der Waals surface area contributed by atoms with Gasteiger partial charge in [0.05, 0.1) is 17.3 Å². The fourth-order valence-corrected chi connectivity index (χ4v) is 4.86. The molecular formula is C27H22BrN3O. The van der Waals surface area contributed by atoms with Crippen molar-refractivity contribution in [1.82, 2.24) is 9.99 Å². The number of hydrogen-bond donors (Lipinski definition) is 0. The summed E-state index contributed by atoms with van der Waals surface area (Å²) >= 11 is 3.62. The van der Waals surface area contributed by atoms with Crippen molar-refractivity contribution in [3.8, 4) is 11.1 Å². The van der Waals surface area contributed by atoms with Gasteiger partial charge in [0.15, 0.2) is 0 Å². The average molecular weight is 484 g/mol. The van der Waals surface area contributed by atoms with Gasteiger partial charge >= 0.3 is 0 Å². The summed E-state index contributed by atoms with van der Waals surface area (Å²) in [7, 11) is 0. The normalized spacial score (nSPS) is 15.8. The molecule has 4 nitrogen and oxygen atoms in total. The van der Waals surface area contributed by atoms with Gasteiger partial charge in [-0.3, -0.25) is 9.78 Å². The summed E-state index contributed by atoms with van der Waals surface area (Å²) in [5, 5.41) is 7.52. The molecule has 5 heteroatoms. The maximum absolute atomic E-state index is 12.5. The van der Waals surface area contributed by atoms with Crippen molar-refractivity contribution in [2.24, 2.45) is 5.10 Å². The lowest BCUT2D eigenvalue weighted by molar-refractivity contribution is -0.130. The quantitative estimate of drug-likeness (QED) is 0.326. The molecule has 0 spiro atoms. The zero-order chi connectivity index (χ0) is 22.2. The lowest BCUT2D eigenvalue weighted by Gasteiger charge is -2.20. The van der Waals surface area contributed by atoms with E-state index >= 15 is 0 Å². The summed E-state index contributed by atoms with van der Waals surface area (Å²) in [6.07, 6.45) is 0.644. The van der Waals surface area contributed by atoms with Crippen LogP contribution in [0.4, 0.5) is 0 Å². The fraction of sp³-hybridized carbons (Fsp3) is 0.148. The van der Waals surface area contributed by atoms with Gasteiger partial charge in [0.2, 0.25) is 5.91 Å². The van der Waals surface area contributed by atoms with Gasteiger partial charge in [-0.25, -0.2) is 5.01 Å². The number of amides is 1. The molecule has 1 aromatic heterocycles. The first kappa shape index (κ1) is 20.6. The second-order valence-electron chi connectivity index (χ2n) is 8.02. The highest BCUT2D eigenvalue weighted by molar-refractivity contribution is 9.10. The number of fused-ring (bicyclic) bond motifs is 1. The highest BCUT2D eigenvalue weighted by atomic mass is 79.9. The van der Waals surface area contributed by atoms with E-state index in [9.17, 15) is 4.79 Å². The van der Waals surface area contributed by atoms with E-state index in [0.29, 0.717) is 6.42 Å². The zero-order valence-corrected chi connectivity index (χ0v) is 19.5. The Morgan fingerprint density at radius 1 is 0.969 bits per heavy atom. The van der Waals surface area contributed by atoms with Crippen LogP contribution in [-0.2, 0) is 4.79 Å². The molecule has 158 valence electrons. The van der Waals surface area contributed by atoms with Crippen LogP contribution in [0.5, 0.6) is 0 Å². The lowest BCUT2D eigenvalue weighted by atomic mass is 9.89. The van der Waals surface area contributed by atoms with Crippen molar-refractivity contribution in [2.45, 2.75) is 26.3 Å². The molecule has 0 saturated heterocycles. The van der Waals surface area contributed by atoms with Crippen molar-refractivity contribution in [3.05, 3.63) is 100 Å². The summed E-state index contributed by atoms with van der Waals surface area (Å²) in [6, 6.07) is 26.5. The third kappa shape index (κ3) is 3.63. The van der Waals surface area contributed by atoms with Crippen LogP contribution in [0.25, 0.3) is 22.0 Å². The minimum atomic E-state index is -0.120. The number of nitrogens with zero attached hydrogens (tertiary/aromatic N) is 3. The highest BCUT2D eigenvalue weighted by Gasteiger charge is 2.33. The molecule has 1 atom stereocenters. The van der Waals surface area contributed by atoms with Crippen molar-refractivity contribution in [1.29, 1.82) is 0 Å². The molecular weight excluding hydrogens is 462 g/mol. The number of hydrazone groups is 1. The summed E-state index contributed by atoms with van der Waals surface area (Å²) in [6.45, 7) is 3.60. The number of halogens is 1. The molecule has 5 rings (SSSR count). The fourth-order valence-electron chi connectivity index (χ4n) is 4.50. The Kier molecular flexibility index (Phi) is 5.35. The van der Waals surface area contributed by atoms with Gasteiger partial charge in [0.1, 0.15) is 0 Å². The van der Waals surface area contributed by atoms with Crippen LogP contribution in [0.2, 0.25) is 0 Å². The van der Waals surface area contributed by atoms with Gasteiger partial charge in [-0.1, -0.05) is 76.6 Å². The van der Waals surface area contributed by atoms with E-state index in [1.807, 2.05) is 55.5 Å². The van der Waals surface area contributed by atoms with Gasteiger partial charge in [0, 0.05) is 40.0 Å². The van der Waals surface area contributed by atoms with Crippen LogP contribution in [-0.4, -0.2) is 21.6 Å².